The van der Waals surface area contributed by atoms with Crippen molar-refractivity contribution in [2.45, 2.75) is 136 Å². The molecule has 0 saturated carbocycles. The summed E-state index contributed by atoms with van der Waals surface area (Å²) in [5, 5.41) is 0. The van der Waals surface area contributed by atoms with E-state index in [9.17, 15) is 4.57 Å². The first-order chi connectivity index (χ1) is 15.5. The standard InChI is InChI=1S/C25H53O5PS/c1-3-5-7-9-11-13-14-16-18-20-22-32-24-25(23-30-31(26,27)28)29-21-19-17-15-12-10-8-6-4-2/h25H,3-24H2,1-2H3,(H2,26,27,28)/t25-/m1/s1. The molecule has 2 N–H and O–H groups in total. The van der Waals surface area contributed by atoms with Crippen molar-refractivity contribution in [1.29, 1.82) is 0 Å². The van der Waals surface area contributed by atoms with Crippen LogP contribution in [0.25, 0.3) is 0 Å². The van der Waals surface area contributed by atoms with Crippen molar-refractivity contribution in [3.8, 4) is 0 Å². The van der Waals surface area contributed by atoms with Gasteiger partial charge in [-0.25, -0.2) is 4.57 Å². The summed E-state index contributed by atoms with van der Waals surface area (Å²) >= 11 is 1.81. The summed E-state index contributed by atoms with van der Waals surface area (Å²) in [4.78, 5) is 18.0. The van der Waals surface area contributed by atoms with Crippen molar-refractivity contribution < 1.29 is 23.6 Å². The number of rotatable bonds is 26. The normalized spacial score (nSPS) is 13.0. The largest absolute Gasteiger partial charge is 0.469 e. The zero-order valence-corrected chi connectivity index (χ0v) is 22.8. The first-order valence-corrected chi connectivity index (χ1v) is 16.1. The van der Waals surface area contributed by atoms with Gasteiger partial charge in [-0.2, -0.15) is 11.8 Å². The minimum Gasteiger partial charge on any atom is -0.375 e. The van der Waals surface area contributed by atoms with E-state index in [2.05, 4.69) is 13.8 Å². The van der Waals surface area contributed by atoms with Gasteiger partial charge in [-0.3, -0.25) is 4.52 Å². The van der Waals surface area contributed by atoms with Gasteiger partial charge in [-0.1, -0.05) is 117 Å². The smallest absolute Gasteiger partial charge is 0.375 e. The number of hydrogen-bond donors (Lipinski definition) is 2. The number of phosphoric ester groups is 1. The summed E-state index contributed by atoms with van der Waals surface area (Å²) in [6.07, 6.45) is 23.1. The monoisotopic (exact) mass is 496 g/mol. The second-order valence-corrected chi connectivity index (χ2v) is 11.4. The van der Waals surface area contributed by atoms with Gasteiger partial charge >= 0.3 is 7.82 Å². The zero-order chi connectivity index (χ0) is 23.8. The van der Waals surface area contributed by atoms with Crippen molar-refractivity contribution >= 4 is 19.6 Å². The van der Waals surface area contributed by atoms with Gasteiger partial charge in [0.05, 0.1) is 12.7 Å². The molecule has 0 amide bonds. The molecule has 194 valence electrons. The Kier molecular flexibility index (Phi) is 24.9. The molecule has 0 unspecified atom stereocenters. The van der Waals surface area contributed by atoms with E-state index in [4.69, 9.17) is 19.0 Å². The second-order valence-electron chi connectivity index (χ2n) is 9.01. The Balaban J connectivity index is 3.74. The van der Waals surface area contributed by atoms with Crippen LogP contribution in [0.2, 0.25) is 0 Å². The first-order valence-electron chi connectivity index (χ1n) is 13.4. The lowest BCUT2D eigenvalue weighted by atomic mass is 10.1. The van der Waals surface area contributed by atoms with Crippen LogP contribution in [-0.4, -0.2) is 40.6 Å². The third-order valence-corrected chi connectivity index (χ3v) is 7.40. The summed E-state index contributed by atoms with van der Waals surface area (Å²) in [6.45, 7) is 5.10. The lowest BCUT2D eigenvalue weighted by Gasteiger charge is -2.18. The van der Waals surface area contributed by atoms with Crippen LogP contribution in [-0.2, 0) is 13.8 Å². The summed E-state index contributed by atoms with van der Waals surface area (Å²) in [5.41, 5.74) is 0. The average molecular weight is 497 g/mol. The molecule has 0 heterocycles. The lowest BCUT2D eigenvalue weighted by molar-refractivity contribution is 0.0244. The highest BCUT2D eigenvalue weighted by Gasteiger charge is 2.18. The summed E-state index contributed by atoms with van der Waals surface area (Å²) in [7, 11) is -4.44. The fourth-order valence-corrected chi connectivity index (χ4v) is 5.11. The molecular weight excluding hydrogens is 443 g/mol. The van der Waals surface area contributed by atoms with Crippen LogP contribution in [0, 0.1) is 0 Å². The van der Waals surface area contributed by atoms with E-state index in [-0.39, 0.29) is 12.7 Å². The van der Waals surface area contributed by atoms with Crippen LogP contribution in [0.1, 0.15) is 129 Å². The molecule has 0 saturated heterocycles. The van der Waals surface area contributed by atoms with E-state index in [0.717, 1.165) is 24.3 Å². The highest BCUT2D eigenvalue weighted by molar-refractivity contribution is 7.99. The molecule has 0 aromatic rings. The molecule has 0 aliphatic heterocycles. The summed E-state index contributed by atoms with van der Waals surface area (Å²) in [5.74, 6) is 1.80. The fourth-order valence-electron chi connectivity index (χ4n) is 3.72. The Morgan fingerprint density at radius 1 is 0.688 bits per heavy atom. The molecule has 0 spiro atoms. The molecule has 0 aromatic heterocycles. The SMILES string of the molecule is CCCCCCCCCCCCSC[C@@H](COP(=O)(O)O)OCCCCCCCCCC. The predicted octanol–water partition coefficient (Wildman–Crippen LogP) is 8.28. The number of thioether (sulfide) groups is 1. The van der Waals surface area contributed by atoms with Crippen LogP contribution in [0.15, 0.2) is 0 Å². The van der Waals surface area contributed by atoms with Gasteiger partial charge in [0, 0.05) is 12.4 Å². The number of ether oxygens (including phenoxy) is 1. The van der Waals surface area contributed by atoms with Crippen molar-refractivity contribution in [3.63, 3.8) is 0 Å². The lowest BCUT2D eigenvalue weighted by Crippen LogP contribution is -2.23. The molecular formula is C25H53O5PS. The molecule has 7 heteroatoms. The van der Waals surface area contributed by atoms with Gasteiger partial charge in [0.25, 0.3) is 0 Å². The molecule has 1 atom stereocenters. The van der Waals surface area contributed by atoms with Gasteiger partial charge in [-0.05, 0) is 18.6 Å². The van der Waals surface area contributed by atoms with Crippen molar-refractivity contribution in [2.75, 3.05) is 24.7 Å². The number of hydrogen-bond acceptors (Lipinski definition) is 4. The summed E-state index contributed by atoms with van der Waals surface area (Å²) < 4.78 is 21.6. The number of unbranched alkanes of at least 4 members (excludes halogenated alkanes) is 16. The van der Waals surface area contributed by atoms with E-state index in [1.807, 2.05) is 11.8 Å². The van der Waals surface area contributed by atoms with Crippen molar-refractivity contribution in [2.24, 2.45) is 0 Å². The maximum Gasteiger partial charge on any atom is 0.469 e. The Morgan fingerprint density at radius 2 is 1.12 bits per heavy atom. The fraction of sp³-hybridized carbons (Fsp3) is 1.00. The van der Waals surface area contributed by atoms with Gasteiger partial charge in [-0.15, -0.1) is 0 Å². The third kappa shape index (κ3) is 26.7. The van der Waals surface area contributed by atoms with Gasteiger partial charge in [0.2, 0.25) is 0 Å². The van der Waals surface area contributed by atoms with E-state index in [1.54, 1.807) is 0 Å². The zero-order valence-electron chi connectivity index (χ0n) is 21.1. The molecule has 0 rings (SSSR count). The highest BCUT2D eigenvalue weighted by atomic mass is 32.2. The average Bonchev–Trinajstić information content (AvgIpc) is 2.75. The van der Waals surface area contributed by atoms with Gasteiger partial charge in [0.15, 0.2) is 0 Å². The van der Waals surface area contributed by atoms with E-state index in [0.29, 0.717) is 6.61 Å². The Morgan fingerprint density at radius 3 is 1.59 bits per heavy atom. The van der Waals surface area contributed by atoms with Crippen LogP contribution in [0.3, 0.4) is 0 Å². The Labute approximate surface area is 203 Å². The second kappa shape index (κ2) is 24.5. The first kappa shape index (κ1) is 32.4. The molecule has 0 aliphatic carbocycles. The Bertz CT molecular complexity index is 419. The van der Waals surface area contributed by atoms with Crippen LogP contribution in [0.4, 0.5) is 0 Å². The van der Waals surface area contributed by atoms with Crippen LogP contribution in [0.5, 0.6) is 0 Å². The highest BCUT2D eigenvalue weighted by Crippen LogP contribution is 2.36. The quantitative estimate of drug-likeness (QED) is 0.0927. The van der Waals surface area contributed by atoms with Gasteiger partial charge < -0.3 is 14.5 Å². The molecule has 0 radical (unpaired) electrons. The Hall–Kier alpha value is 0.420. The molecule has 0 aromatic carbocycles. The maximum atomic E-state index is 11.0. The molecule has 0 fully saturated rings. The van der Waals surface area contributed by atoms with Crippen molar-refractivity contribution in [1.82, 2.24) is 0 Å². The minimum absolute atomic E-state index is 0.0354. The van der Waals surface area contributed by atoms with E-state index in [1.165, 1.54) is 103 Å². The summed E-state index contributed by atoms with van der Waals surface area (Å²) in [6, 6.07) is 0. The molecule has 0 aliphatic rings. The molecule has 32 heavy (non-hydrogen) atoms. The van der Waals surface area contributed by atoms with E-state index < -0.39 is 7.82 Å². The van der Waals surface area contributed by atoms with Crippen LogP contribution >= 0.6 is 19.6 Å². The molecule has 0 bridgehead atoms. The van der Waals surface area contributed by atoms with Crippen LogP contribution < -0.4 is 0 Å². The topological polar surface area (TPSA) is 76.0 Å². The molecule has 5 nitrogen and oxygen atoms in total. The third-order valence-electron chi connectivity index (χ3n) is 5.73. The predicted molar refractivity (Wildman–Crippen MR) is 140 cm³/mol. The van der Waals surface area contributed by atoms with Crippen molar-refractivity contribution in [3.05, 3.63) is 0 Å². The van der Waals surface area contributed by atoms with E-state index >= 15 is 0 Å². The minimum atomic E-state index is -4.44. The number of phosphoric acid groups is 1. The maximum absolute atomic E-state index is 11.0. The van der Waals surface area contributed by atoms with Gasteiger partial charge in [0.1, 0.15) is 0 Å².